The van der Waals surface area contributed by atoms with E-state index in [1.54, 1.807) is 25.2 Å². The quantitative estimate of drug-likeness (QED) is 0.848. The van der Waals surface area contributed by atoms with Crippen molar-refractivity contribution in [1.29, 1.82) is 0 Å². The van der Waals surface area contributed by atoms with E-state index in [1.807, 2.05) is 0 Å². The molecule has 0 radical (unpaired) electrons. The van der Waals surface area contributed by atoms with E-state index in [4.69, 9.17) is 15.3 Å². The second kappa shape index (κ2) is 5.24. The molecule has 18 heavy (non-hydrogen) atoms. The van der Waals surface area contributed by atoms with E-state index >= 15 is 0 Å². The number of hydrogen-bond donors (Lipinski definition) is 2. The van der Waals surface area contributed by atoms with E-state index in [2.05, 4.69) is 0 Å². The van der Waals surface area contributed by atoms with E-state index < -0.39 is 17.8 Å². The maximum absolute atomic E-state index is 11.3. The highest BCUT2D eigenvalue weighted by molar-refractivity contribution is 5.85. The molecule has 98 valence electrons. The number of carboxylic acid groups (broad SMARTS) is 1. The van der Waals surface area contributed by atoms with Gasteiger partial charge in [0.1, 0.15) is 6.04 Å². The number of fused-ring (bicyclic) bond motifs is 1. The van der Waals surface area contributed by atoms with Crippen LogP contribution in [0.2, 0.25) is 0 Å². The number of aliphatic carboxylic acids is 1. The third-order valence-corrected chi connectivity index (χ3v) is 2.63. The topological polar surface area (TPSA) is 98.5 Å². The Morgan fingerprint density at radius 2 is 2.22 bits per heavy atom. The molecule has 0 amide bonds. The van der Waals surface area contributed by atoms with Crippen molar-refractivity contribution in [3.05, 3.63) is 34.3 Å². The summed E-state index contributed by atoms with van der Waals surface area (Å²) in [7, 11) is 1.59. The zero-order valence-electron chi connectivity index (χ0n) is 9.62. The Labute approximate surface area is 108 Å². The molecule has 0 aliphatic rings. The monoisotopic (exact) mass is 272 g/mol. The lowest BCUT2D eigenvalue weighted by molar-refractivity contribution is -0.138. The summed E-state index contributed by atoms with van der Waals surface area (Å²) in [5.74, 6) is -1.49. The largest absolute Gasteiger partial charge is 0.480 e. The van der Waals surface area contributed by atoms with Crippen molar-refractivity contribution >= 4 is 29.5 Å². The van der Waals surface area contributed by atoms with Crippen LogP contribution in [0, 0.1) is 0 Å². The van der Waals surface area contributed by atoms with Crippen LogP contribution < -0.4 is 11.5 Å². The van der Waals surface area contributed by atoms with E-state index in [-0.39, 0.29) is 18.8 Å². The summed E-state index contributed by atoms with van der Waals surface area (Å²) in [5.41, 5.74) is 7.30. The number of aryl methyl sites for hydroxylation is 1. The van der Waals surface area contributed by atoms with Gasteiger partial charge in [0.05, 0.1) is 5.52 Å². The van der Waals surface area contributed by atoms with Gasteiger partial charge in [-0.2, -0.15) is 0 Å². The first-order valence-electron chi connectivity index (χ1n) is 5.06. The van der Waals surface area contributed by atoms with Crippen LogP contribution in [0.5, 0.6) is 0 Å². The van der Waals surface area contributed by atoms with Crippen molar-refractivity contribution in [2.24, 2.45) is 12.8 Å². The van der Waals surface area contributed by atoms with Gasteiger partial charge < -0.3 is 15.3 Å². The number of hydrogen-bond acceptors (Lipinski definition) is 4. The molecule has 0 saturated heterocycles. The maximum Gasteiger partial charge on any atom is 0.419 e. The van der Waals surface area contributed by atoms with Crippen molar-refractivity contribution in [1.82, 2.24) is 4.57 Å². The molecule has 1 heterocycles. The minimum Gasteiger partial charge on any atom is -0.480 e. The zero-order chi connectivity index (χ0) is 12.6. The molecule has 7 heteroatoms. The number of rotatable bonds is 3. The van der Waals surface area contributed by atoms with E-state index in [0.717, 1.165) is 5.56 Å². The zero-order valence-corrected chi connectivity index (χ0v) is 10.4. The molecule has 0 saturated carbocycles. The standard InChI is InChI=1S/C11H12N2O4.ClH/c1-13-8-5-6(4-7(12)10(14)15)2-3-9(8)17-11(13)16;/h2-3,5,7H,4,12H2,1H3,(H,14,15);1H. The number of nitrogens with zero attached hydrogens (tertiary/aromatic N) is 1. The molecule has 1 atom stereocenters. The second-order valence-corrected chi connectivity index (χ2v) is 3.88. The molecule has 1 unspecified atom stereocenters. The third kappa shape index (κ3) is 2.55. The van der Waals surface area contributed by atoms with Crippen LogP contribution in [0.1, 0.15) is 5.56 Å². The fourth-order valence-electron chi connectivity index (χ4n) is 1.64. The van der Waals surface area contributed by atoms with Crippen molar-refractivity contribution < 1.29 is 14.3 Å². The van der Waals surface area contributed by atoms with Crippen LogP contribution in [0.4, 0.5) is 0 Å². The Bertz CT molecular complexity index is 631. The molecular formula is C11H13ClN2O4. The molecule has 3 N–H and O–H groups in total. The molecule has 6 nitrogen and oxygen atoms in total. The van der Waals surface area contributed by atoms with Crippen molar-refractivity contribution in [3.8, 4) is 0 Å². The first-order chi connectivity index (χ1) is 7.99. The van der Waals surface area contributed by atoms with Gasteiger partial charge in [-0.3, -0.25) is 9.36 Å². The van der Waals surface area contributed by atoms with Crippen molar-refractivity contribution in [3.63, 3.8) is 0 Å². The number of nitrogens with two attached hydrogens (primary N) is 1. The van der Waals surface area contributed by atoms with Crippen molar-refractivity contribution in [2.75, 3.05) is 0 Å². The first-order valence-corrected chi connectivity index (χ1v) is 5.06. The number of halogens is 1. The lowest BCUT2D eigenvalue weighted by Gasteiger charge is -2.06. The Kier molecular flexibility index (Phi) is 4.15. The number of carboxylic acids is 1. The molecule has 1 aromatic heterocycles. The second-order valence-electron chi connectivity index (χ2n) is 3.88. The lowest BCUT2D eigenvalue weighted by atomic mass is 10.1. The number of oxazole rings is 1. The van der Waals surface area contributed by atoms with Gasteiger partial charge in [-0.1, -0.05) is 6.07 Å². The highest BCUT2D eigenvalue weighted by atomic mass is 35.5. The van der Waals surface area contributed by atoms with Crippen LogP contribution in [0.3, 0.4) is 0 Å². The predicted molar refractivity (Wildman–Crippen MR) is 68.0 cm³/mol. The van der Waals surface area contributed by atoms with Crippen LogP contribution in [0.15, 0.2) is 27.4 Å². The molecule has 0 fully saturated rings. The summed E-state index contributed by atoms with van der Waals surface area (Å²) in [6.45, 7) is 0. The highest BCUT2D eigenvalue weighted by Crippen LogP contribution is 2.15. The van der Waals surface area contributed by atoms with Gasteiger partial charge in [0.2, 0.25) is 0 Å². The predicted octanol–water partition coefficient (Wildman–Crippen LogP) is 0.508. The molecule has 0 bridgehead atoms. The third-order valence-electron chi connectivity index (χ3n) is 2.63. The summed E-state index contributed by atoms with van der Waals surface area (Å²) in [5, 5.41) is 8.72. The summed E-state index contributed by atoms with van der Waals surface area (Å²) in [6, 6.07) is 4.11. The highest BCUT2D eigenvalue weighted by Gasteiger charge is 2.13. The van der Waals surface area contributed by atoms with Gasteiger partial charge in [0.25, 0.3) is 0 Å². The number of carbonyl (C=O) groups is 1. The Morgan fingerprint density at radius 1 is 1.56 bits per heavy atom. The molecule has 0 aliphatic heterocycles. The summed E-state index contributed by atoms with van der Waals surface area (Å²) in [6.07, 6.45) is 0.213. The molecule has 1 aromatic carbocycles. The smallest absolute Gasteiger partial charge is 0.419 e. The normalized spacial score (nSPS) is 12.1. The SMILES string of the molecule is Cl.Cn1c(=O)oc2ccc(CC(N)C(=O)O)cc21. The fourth-order valence-corrected chi connectivity index (χ4v) is 1.64. The molecular weight excluding hydrogens is 260 g/mol. The average Bonchev–Trinajstić information content (AvgIpc) is 2.55. The summed E-state index contributed by atoms with van der Waals surface area (Å²) < 4.78 is 6.33. The van der Waals surface area contributed by atoms with Gasteiger partial charge in [-0.05, 0) is 24.1 Å². The Balaban J connectivity index is 0.00000162. The van der Waals surface area contributed by atoms with Crippen LogP contribution in [-0.2, 0) is 18.3 Å². The number of aromatic nitrogens is 1. The van der Waals surface area contributed by atoms with Crippen LogP contribution in [0.25, 0.3) is 11.1 Å². The van der Waals surface area contributed by atoms with Gasteiger partial charge in [-0.25, -0.2) is 4.79 Å². The van der Waals surface area contributed by atoms with Gasteiger partial charge in [0, 0.05) is 7.05 Å². The Morgan fingerprint density at radius 3 is 2.83 bits per heavy atom. The van der Waals surface area contributed by atoms with Gasteiger partial charge >= 0.3 is 11.7 Å². The van der Waals surface area contributed by atoms with Crippen LogP contribution in [-0.4, -0.2) is 21.7 Å². The Hall–Kier alpha value is -1.79. The molecule has 0 spiro atoms. The van der Waals surface area contributed by atoms with E-state index in [9.17, 15) is 9.59 Å². The number of benzene rings is 1. The van der Waals surface area contributed by atoms with Gasteiger partial charge in [0.15, 0.2) is 5.58 Å². The van der Waals surface area contributed by atoms with Crippen LogP contribution >= 0.6 is 12.4 Å². The minimum absolute atomic E-state index is 0. The average molecular weight is 273 g/mol. The molecule has 0 aliphatic carbocycles. The fraction of sp³-hybridized carbons (Fsp3) is 0.273. The molecule has 2 aromatic rings. The molecule has 2 rings (SSSR count). The summed E-state index contributed by atoms with van der Waals surface area (Å²) >= 11 is 0. The minimum atomic E-state index is -1.05. The first kappa shape index (κ1) is 14.3. The summed E-state index contributed by atoms with van der Waals surface area (Å²) in [4.78, 5) is 21.9. The van der Waals surface area contributed by atoms with E-state index in [0.29, 0.717) is 11.1 Å². The van der Waals surface area contributed by atoms with Gasteiger partial charge in [-0.15, -0.1) is 12.4 Å². The van der Waals surface area contributed by atoms with E-state index in [1.165, 1.54) is 4.57 Å². The van der Waals surface area contributed by atoms with Crippen molar-refractivity contribution in [2.45, 2.75) is 12.5 Å². The lowest BCUT2D eigenvalue weighted by Crippen LogP contribution is -2.32. The maximum atomic E-state index is 11.3.